The first-order valence-electron chi connectivity index (χ1n) is 11.6. The van der Waals surface area contributed by atoms with Crippen LogP contribution in [0.4, 0.5) is 11.5 Å². The van der Waals surface area contributed by atoms with Crippen LogP contribution < -0.4 is 9.62 Å². The first-order valence-corrected chi connectivity index (χ1v) is 13.1. The maximum absolute atomic E-state index is 13.1. The number of aromatic nitrogens is 1. The number of anilines is 2. The van der Waals surface area contributed by atoms with Gasteiger partial charge in [0.05, 0.1) is 16.1 Å². The molecule has 0 bridgehead atoms. The molecule has 2 fully saturated rings. The number of carboxylic acids is 1. The molecule has 4 rings (SSSR count). The minimum atomic E-state index is -4.02. The second-order valence-corrected chi connectivity index (χ2v) is 10.7. The number of aromatic carboxylic acids is 1. The fourth-order valence-corrected chi connectivity index (χ4v) is 5.76. The van der Waals surface area contributed by atoms with Gasteiger partial charge in [-0.15, -0.1) is 0 Å². The van der Waals surface area contributed by atoms with E-state index in [0.29, 0.717) is 17.3 Å². The van der Waals surface area contributed by atoms with Gasteiger partial charge in [-0.1, -0.05) is 12.1 Å². The van der Waals surface area contributed by atoms with Gasteiger partial charge >= 0.3 is 5.97 Å². The van der Waals surface area contributed by atoms with Crippen molar-refractivity contribution in [2.45, 2.75) is 37.5 Å². The number of hydrogen-bond acceptors (Lipinski definition) is 7. The lowest BCUT2D eigenvalue weighted by Crippen LogP contribution is -2.41. The zero-order valence-corrected chi connectivity index (χ0v) is 20.1. The molecule has 34 heavy (non-hydrogen) atoms. The molecule has 0 aliphatic carbocycles. The second kappa shape index (κ2) is 10.1. The van der Waals surface area contributed by atoms with Crippen LogP contribution in [0.1, 0.15) is 53.3 Å². The Kier molecular flexibility index (Phi) is 7.18. The summed E-state index contributed by atoms with van der Waals surface area (Å²) in [5.74, 6) is -0.474. The van der Waals surface area contributed by atoms with Crippen LogP contribution >= 0.6 is 0 Å². The molecule has 1 aromatic heterocycles. The van der Waals surface area contributed by atoms with Gasteiger partial charge in [-0.3, -0.25) is 9.52 Å². The van der Waals surface area contributed by atoms with Crippen LogP contribution in [0.3, 0.4) is 0 Å². The maximum atomic E-state index is 13.1. The molecular formula is C24H30N4O5S. The number of likely N-dealkylation sites (tertiary alicyclic amines) is 1. The minimum absolute atomic E-state index is 0.0188. The number of piperidine rings is 1. The van der Waals surface area contributed by atoms with E-state index in [1.54, 1.807) is 0 Å². The highest BCUT2D eigenvalue weighted by Crippen LogP contribution is 2.31. The third kappa shape index (κ3) is 5.56. The summed E-state index contributed by atoms with van der Waals surface area (Å²) in [7, 11) is -4.02. The summed E-state index contributed by atoms with van der Waals surface area (Å²) in [6.07, 6.45) is 5.78. The number of carboxylic acid groups (broad SMARTS) is 1. The number of benzene rings is 1. The highest BCUT2D eigenvalue weighted by molar-refractivity contribution is 7.92. The van der Waals surface area contributed by atoms with Gasteiger partial charge in [-0.25, -0.2) is 18.2 Å². The van der Waals surface area contributed by atoms with Gasteiger partial charge in [-0.2, -0.15) is 0 Å². The van der Waals surface area contributed by atoms with Gasteiger partial charge < -0.3 is 14.9 Å². The predicted octanol–water partition coefficient (Wildman–Crippen LogP) is 3.10. The molecule has 0 radical (unpaired) electrons. The zero-order valence-electron chi connectivity index (χ0n) is 19.2. The molecule has 2 N–H and O–H groups in total. The molecule has 0 unspecified atom stereocenters. The van der Waals surface area contributed by atoms with Crippen molar-refractivity contribution in [2.75, 3.05) is 42.3 Å². The topological polar surface area (TPSA) is 120 Å². The standard InChI is InChI=1S/C24H30N4O5S/c1-17(29)19-6-8-21(9-7-19)34(32,33)26-22-13-20(24(30)31)14-25-23(22)28-12-4-5-18(16-28)15-27-10-2-3-11-27/h6-9,13-14,18,26H,2-5,10-12,15-16H2,1H3,(H,30,31)/t18-/m0/s1. The molecule has 0 saturated carbocycles. The molecule has 1 aromatic carbocycles. The Bertz CT molecular complexity index is 1160. The average molecular weight is 487 g/mol. The first kappa shape index (κ1) is 24.2. The molecule has 0 spiro atoms. The zero-order chi connectivity index (χ0) is 24.3. The number of nitrogens with zero attached hydrogens (tertiary/aromatic N) is 3. The molecule has 2 aliphatic rings. The Morgan fingerprint density at radius 3 is 2.44 bits per heavy atom. The number of carbonyl (C=O) groups excluding carboxylic acids is 1. The van der Waals surface area contributed by atoms with Crippen LogP contribution in [-0.2, 0) is 10.0 Å². The van der Waals surface area contributed by atoms with Crippen molar-refractivity contribution in [1.82, 2.24) is 9.88 Å². The van der Waals surface area contributed by atoms with E-state index in [9.17, 15) is 23.1 Å². The monoisotopic (exact) mass is 486 g/mol. The Morgan fingerprint density at radius 2 is 1.79 bits per heavy atom. The fourth-order valence-electron chi connectivity index (χ4n) is 4.71. The fraction of sp³-hybridized carbons (Fsp3) is 0.458. The lowest BCUT2D eigenvalue weighted by molar-refractivity contribution is 0.0696. The molecule has 9 nitrogen and oxygen atoms in total. The van der Waals surface area contributed by atoms with Gasteiger partial charge in [0, 0.05) is 31.4 Å². The van der Waals surface area contributed by atoms with Crippen molar-refractivity contribution >= 4 is 33.3 Å². The quantitative estimate of drug-likeness (QED) is 0.546. The molecule has 2 aliphatic heterocycles. The Labute approximate surface area is 199 Å². The van der Waals surface area contributed by atoms with E-state index < -0.39 is 16.0 Å². The van der Waals surface area contributed by atoms with Crippen LogP contribution in [0.15, 0.2) is 41.4 Å². The summed E-state index contributed by atoms with van der Waals surface area (Å²) in [5, 5.41) is 9.44. The first-order chi connectivity index (χ1) is 16.2. The molecular weight excluding hydrogens is 456 g/mol. The molecule has 0 amide bonds. The lowest BCUT2D eigenvalue weighted by atomic mass is 9.97. The van der Waals surface area contributed by atoms with Crippen molar-refractivity contribution in [1.29, 1.82) is 0 Å². The Hall–Kier alpha value is -2.98. The number of rotatable bonds is 8. The van der Waals surface area contributed by atoms with Crippen LogP contribution in [0, 0.1) is 5.92 Å². The molecule has 2 aromatic rings. The van der Waals surface area contributed by atoms with Gasteiger partial charge in [0.25, 0.3) is 10.0 Å². The number of nitrogens with one attached hydrogen (secondary N) is 1. The average Bonchev–Trinajstić information content (AvgIpc) is 3.32. The highest BCUT2D eigenvalue weighted by Gasteiger charge is 2.27. The third-order valence-corrected chi connectivity index (χ3v) is 7.84. The summed E-state index contributed by atoms with van der Waals surface area (Å²) in [6, 6.07) is 6.95. The van der Waals surface area contributed by atoms with E-state index >= 15 is 0 Å². The van der Waals surface area contributed by atoms with Crippen molar-refractivity contribution in [3.63, 3.8) is 0 Å². The minimum Gasteiger partial charge on any atom is -0.478 e. The third-order valence-electron chi connectivity index (χ3n) is 6.46. The van der Waals surface area contributed by atoms with Gasteiger partial charge in [0.15, 0.2) is 11.6 Å². The van der Waals surface area contributed by atoms with Crippen LogP contribution in [0.2, 0.25) is 0 Å². The highest BCUT2D eigenvalue weighted by atomic mass is 32.2. The maximum Gasteiger partial charge on any atom is 0.337 e. The van der Waals surface area contributed by atoms with E-state index in [1.807, 2.05) is 4.90 Å². The summed E-state index contributed by atoms with van der Waals surface area (Å²) in [6.45, 7) is 6.11. The smallest absolute Gasteiger partial charge is 0.337 e. The molecule has 3 heterocycles. The van der Waals surface area contributed by atoms with Crippen LogP contribution in [0.25, 0.3) is 0 Å². The van der Waals surface area contributed by atoms with E-state index in [4.69, 9.17) is 0 Å². The molecule has 182 valence electrons. The van der Waals surface area contributed by atoms with Crippen LogP contribution in [0.5, 0.6) is 0 Å². The van der Waals surface area contributed by atoms with Gasteiger partial charge in [-0.05, 0) is 69.8 Å². The molecule has 2 saturated heterocycles. The largest absolute Gasteiger partial charge is 0.478 e. The summed E-state index contributed by atoms with van der Waals surface area (Å²) in [5.41, 5.74) is 0.447. The molecule has 10 heteroatoms. The number of pyridine rings is 1. The van der Waals surface area contributed by atoms with Crippen LogP contribution in [-0.4, -0.2) is 67.9 Å². The Balaban J connectivity index is 1.60. The number of hydrogen-bond donors (Lipinski definition) is 2. The van der Waals surface area contributed by atoms with E-state index in [2.05, 4.69) is 14.6 Å². The van der Waals surface area contributed by atoms with Crippen molar-refractivity contribution < 1.29 is 23.1 Å². The number of Topliss-reactive ketones (excluding diaryl/α,β-unsaturated/α-hetero) is 1. The lowest BCUT2D eigenvalue weighted by Gasteiger charge is -2.36. The normalized spacial score (nSPS) is 19.2. The van der Waals surface area contributed by atoms with E-state index in [1.165, 1.54) is 56.3 Å². The van der Waals surface area contributed by atoms with Gasteiger partial charge in [0.1, 0.15) is 0 Å². The number of carbonyl (C=O) groups is 2. The molecule has 1 atom stereocenters. The summed E-state index contributed by atoms with van der Waals surface area (Å²) < 4.78 is 28.7. The summed E-state index contributed by atoms with van der Waals surface area (Å²) >= 11 is 0. The predicted molar refractivity (Wildman–Crippen MR) is 129 cm³/mol. The van der Waals surface area contributed by atoms with Crippen molar-refractivity contribution in [2.24, 2.45) is 5.92 Å². The number of ketones is 1. The van der Waals surface area contributed by atoms with Crippen molar-refractivity contribution in [3.05, 3.63) is 47.7 Å². The second-order valence-electron chi connectivity index (χ2n) is 9.05. The Morgan fingerprint density at radius 1 is 1.09 bits per heavy atom. The van der Waals surface area contributed by atoms with E-state index in [0.717, 1.165) is 45.6 Å². The summed E-state index contributed by atoms with van der Waals surface area (Å²) in [4.78, 5) is 31.9. The SMILES string of the molecule is CC(=O)c1ccc(S(=O)(=O)Nc2cc(C(=O)O)cnc2N2CCC[C@@H](CN3CCCC3)C2)cc1. The number of sulfonamides is 1. The van der Waals surface area contributed by atoms with Gasteiger partial charge in [0.2, 0.25) is 0 Å². The van der Waals surface area contributed by atoms with Crippen molar-refractivity contribution in [3.8, 4) is 0 Å². The van der Waals surface area contributed by atoms with E-state index in [-0.39, 0.29) is 21.9 Å².